The zero-order chi connectivity index (χ0) is 30.9. The van der Waals surface area contributed by atoms with Crippen LogP contribution in [0.1, 0.15) is 16.8 Å². The smallest absolute Gasteiger partial charge is 0.428 e. The molecule has 0 aliphatic carbocycles. The molecule has 0 spiro atoms. The Morgan fingerprint density at radius 1 is 1.02 bits per heavy atom. The van der Waals surface area contributed by atoms with E-state index in [9.17, 15) is 44.3 Å². The SMILES string of the molecule is O=C(CN1CC(F)(F)C(F)(F)C1)NC(Cc1ccccc1)(c1cc(F)cc(OC(F)(F)C(F)F)c1)c1ccc(Cl)cn1. The summed E-state index contributed by atoms with van der Waals surface area (Å²) >= 11 is 5.96. The summed E-state index contributed by atoms with van der Waals surface area (Å²) < 4.78 is 127. The number of ether oxygens (including phenoxy) is 1. The van der Waals surface area contributed by atoms with Gasteiger partial charge >= 0.3 is 24.4 Å². The van der Waals surface area contributed by atoms with Crippen LogP contribution < -0.4 is 10.1 Å². The van der Waals surface area contributed by atoms with Crippen molar-refractivity contribution in [2.24, 2.45) is 0 Å². The summed E-state index contributed by atoms with van der Waals surface area (Å²) in [6.45, 7) is -3.82. The van der Waals surface area contributed by atoms with Crippen LogP contribution in [0.3, 0.4) is 0 Å². The van der Waals surface area contributed by atoms with Crippen LogP contribution in [0.15, 0.2) is 66.9 Å². The molecular formula is C27H21ClF9N3O2. The highest BCUT2D eigenvalue weighted by Gasteiger charge is 2.63. The van der Waals surface area contributed by atoms with Gasteiger partial charge in [0.15, 0.2) is 0 Å². The van der Waals surface area contributed by atoms with Gasteiger partial charge in [-0.05, 0) is 35.4 Å². The first-order chi connectivity index (χ1) is 19.5. The van der Waals surface area contributed by atoms with E-state index in [0.29, 0.717) is 16.5 Å². The van der Waals surface area contributed by atoms with E-state index in [1.165, 1.54) is 12.1 Å². The predicted octanol–water partition coefficient (Wildman–Crippen LogP) is 6.30. The highest BCUT2D eigenvalue weighted by atomic mass is 35.5. The molecule has 226 valence electrons. The van der Waals surface area contributed by atoms with Gasteiger partial charge in [-0.15, -0.1) is 0 Å². The van der Waals surface area contributed by atoms with Crippen molar-refractivity contribution in [1.82, 2.24) is 15.2 Å². The number of rotatable bonds is 10. The topological polar surface area (TPSA) is 54.5 Å². The molecule has 1 aliphatic rings. The average Bonchev–Trinajstić information content (AvgIpc) is 3.08. The number of hydrogen-bond acceptors (Lipinski definition) is 4. The second kappa shape index (κ2) is 11.6. The Labute approximate surface area is 238 Å². The summed E-state index contributed by atoms with van der Waals surface area (Å²) in [4.78, 5) is 18.0. The van der Waals surface area contributed by atoms with E-state index < -0.39 is 67.0 Å². The lowest BCUT2D eigenvalue weighted by atomic mass is 9.80. The molecule has 0 bridgehead atoms. The molecule has 1 unspecified atom stereocenters. The molecule has 2 heterocycles. The second-order valence-electron chi connectivity index (χ2n) is 9.67. The van der Waals surface area contributed by atoms with Crippen molar-refractivity contribution in [3.63, 3.8) is 0 Å². The van der Waals surface area contributed by atoms with E-state index in [1.54, 1.807) is 30.3 Å². The number of benzene rings is 2. The Kier molecular flexibility index (Phi) is 8.70. The van der Waals surface area contributed by atoms with E-state index in [2.05, 4.69) is 15.0 Å². The third-order valence-electron chi connectivity index (χ3n) is 6.45. The number of aromatic nitrogens is 1. The molecule has 1 atom stereocenters. The standard InChI is InChI=1S/C27H21ClF9N3O2/c28-18-6-7-21(38-12-18)24(11-16-4-2-1-3-5-16,39-22(41)13-40-14-25(32,33)26(34,35)15-40)17-8-19(29)10-20(9-17)42-27(36,37)23(30)31/h1-10,12,23H,11,13-15H2,(H,39,41). The maximum absolute atomic E-state index is 14.8. The average molecular weight is 626 g/mol. The number of carbonyl (C=O) groups is 1. The van der Waals surface area contributed by atoms with Crippen LogP contribution in [0.4, 0.5) is 39.5 Å². The number of carbonyl (C=O) groups excluding carboxylic acids is 1. The molecule has 1 fully saturated rings. The van der Waals surface area contributed by atoms with E-state index in [4.69, 9.17) is 11.6 Å². The fraction of sp³-hybridized carbons (Fsp3) is 0.333. The van der Waals surface area contributed by atoms with Crippen molar-refractivity contribution in [3.8, 4) is 5.75 Å². The Morgan fingerprint density at radius 2 is 1.67 bits per heavy atom. The van der Waals surface area contributed by atoms with Gasteiger partial charge in [-0.2, -0.15) is 35.1 Å². The van der Waals surface area contributed by atoms with Crippen LogP contribution in [0.25, 0.3) is 0 Å². The van der Waals surface area contributed by atoms with Gasteiger partial charge in [0.1, 0.15) is 17.1 Å². The lowest BCUT2D eigenvalue weighted by Crippen LogP contribution is -2.52. The Balaban J connectivity index is 1.83. The normalized spacial score (nSPS) is 18.1. The monoisotopic (exact) mass is 625 g/mol. The first kappa shape index (κ1) is 31.4. The Bertz CT molecular complexity index is 1400. The molecule has 4 rings (SSSR count). The van der Waals surface area contributed by atoms with Crippen molar-refractivity contribution in [2.75, 3.05) is 19.6 Å². The van der Waals surface area contributed by atoms with Gasteiger partial charge in [-0.25, -0.2) is 4.39 Å². The van der Waals surface area contributed by atoms with Crippen molar-refractivity contribution in [3.05, 3.63) is 94.5 Å². The van der Waals surface area contributed by atoms with Crippen LogP contribution in [-0.4, -0.2) is 59.8 Å². The fourth-order valence-electron chi connectivity index (χ4n) is 4.56. The molecule has 1 amide bonds. The molecule has 3 aromatic rings. The number of hydrogen-bond donors (Lipinski definition) is 1. The van der Waals surface area contributed by atoms with Crippen LogP contribution in [-0.2, 0) is 16.8 Å². The number of pyridine rings is 1. The molecule has 1 saturated heterocycles. The first-order valence-corrected chi connectivity index (χ1v) is 12.5. The van der Waals surface area contributed by atoms with Crippen molar-refractivity contribution < 1.29 is 49.0 Å². The highest BCUT2D eigenvalue weighted by molar-refractivity contribution is 6.30. The maximum atomic E-state index is 14.8. The first-order valence-electron chi connectivity index (χ1n) is 12.1. The van der Waals surface area contributed by atoms with E-state index in [1.807, 2.05) is 0 Å². The third kappa shape index (κ3) is 6.75. The van der Waals surface area contributed by atoms with Crippen LogP contribution in [0, 0.1) is 5.82 Å². The van der Waals surface area contributed by atoms with Crippen LogP contribution in [0.2, 0.25) is 5.02 Å². The van der Waals surface area contributed by atoms with Gasteiger partial charge in [-0.3, -0.25) is 14.7 Å². The molecule has 1 N–H and O–H groups in total. The number of amides is 1. The molecule has 2 aromatic carbocycles. The number of halogens is 10. The predicted molar refractivity (Wildman–Crippen MR) is 133 cm³/mol. The second-order valence-corrected chi connectivity index (χ2v) is 10.1. The lowest BCUT2D eigenvalue weighted by Gasteiger charge is -2.36. The highest BCUT2D eigenvalue weighted by Crippen LogP contribution is 2.41. The summed E-state index contributed by atoms with van der Waals surface area (Å²) in [5.41, 5.74) is -1.95. The molecule has 5 nitrogen and oxygen atoms in total. The quantitative estimate of drug-likeness (QED) is 0.269. The summed E-state index contributed by atoms with van der Waals surface area (Å²) in [7, 11) is 0. The molecule has 1 aromatic heterocycles. The Morgan fingerprint density at radius 3 is 2.24 bits per heavy atom. The van der Waals surface area contributed by atoms with Crippen molar-refractivity contribution >= 4 is 17.5 Å². The zero-order valence-corrected chi connectivity index (χ0v) is 22.0. The number of alkyl halides is 8. The van der Waals surface area contributed by atoms with Crippen molar-refractivity contribution in [2.45, 2.75) is 36.3 Å². The summed E-state index contributed by atoms with van der Waals surface area (Å²) in [6, 6.07) is 12.6. The molecule has 0 radical (unpaired) electrons. The molecule has 15 heteroatoms. The zero-order valence-electron chi connectivity index (χ0n) is 21.2. The minimum absolute atomic E-state index is 0.0710. The van der Waals surface area contributed by atoms with E-state index in [-0.39, 0.29) is 22.7 Å². The van der Waals surface area contributed by atoms with E-state index >= 15 is 0 Å². The molecular weight excluding hydrogens is 605 g/mol. The number of likely N-dealkylation sites (tertiary alicyclic amines) is 1. The lowest BCUT2D eigenvalue weighted by molar-refractivity contribution is -0.253. The third-order valence-corrected chi connectivity index (χ3v) is 6.67. The fourth-order valence-corrected chi connectivity index (χ4v) is 4.67. The van der Waals surface area contributed by atoms with Gasteiger partial charge in [0.05, 0.1) is 30.4 Å². The van der Waals surface area contributed by atoms with Gasteiger partial charge in [-0.1, -0.05) is 41.9 Å². The molecule has 42 heavy (non-hydrogen) atoms. The summed E-state index contributed by atoms with van der Waals surface area (Å²) in [5, 5.41) is 2.64. The number of nitrogens with zero attached hydrogens (tertiary/aromatic N) is 2. The van der Waals surface area contributed by atoms with Gasteiger partial charge in [0.25, 0.3) is 0 Å². The molecule has 0 saturated carbocycles. The van der Waals surface area contributed by atoms with Gasteiger partial charge in [0, 0.05) is 18.7 Å². The van der Waals surface area contributed by atoms with Crippen LogP contribution >= 0.6 is 11.6 Å². The minimum Gasteiger partial charge on any atom is -0.428 e. The van der Waals surface area contributed by atoms with Gasteiger partial charge < -0.3 is 10.1 Å². The Hall–Kier alpha value is -3.52. The minimum atomic E-state index is -5.01. The largest absolute Gasteiger partial charge is 0.461 e. The number of nitrogens with one attached hydrogen (secondary N) is 1. The van der Waals surface area contributed by atoms with Crippen LogP contribution in [0.5, 0.6) is 5.75 Å². The molecule has 1 aliphatic heterocycles. The summed E-state index contributed by atoms with van der Waals surface area (Å²) in [6.07, 6.45) is -8.42. The maximum Gasteiger partial charge on any atom is 0.461 e. The van der Waals surface area contributed by atoms with Crippen molar-refractivity contribution in [1.29, 1.82) is 0 Å². The van der Waals surface area contributed by atoms with Gasteiger partial charge in [0.2, 0.25) is 5.91 Å². The summed E-state index contributed by atoms with van der Waals surface area (Å²) in [5.74, 6) is -12.2. The van der Waals surface area contributed by atoms with E-state index in [0.717, 1.165) is 18.3 Å².